The molecule has 0 bridgehead atoms. The van der Waals surface area contributed by atoms with Gasteiger partial charge in [-0.15, -0.1) is 0 Å². The maximum absolute atomic E-state index is 5.26. The lowest BCUT2D eigenvalue weighted by atomic mass is 9.97. The fourth-order valence-corrected chi connectivity index (χ4v) is 2.55. The highest BCUT2D eigenvalue weighted by atomic mass is 16.5. The summed E-state index contributed by atoms with van der Waals surface area (Å²) in [5.41, 5.74) is 3.51. The normalized spacial score (nSPS) is 20.9. The van der Waals surface area contributed by atoms with E-state index >= 15 is 0 Å². The quantitative estimate of drug-likeness (QED) is 0.858. The molecule has 0 unspecified atom stereocenters. The topological polar surface area (TPSA) is 33.3 Å². The average molecular weight is 254 g/mol. The van der Waals surface area contributed by atoms with E-state index in [-0.39, 0.29) is 6.04 Å². The van der Waals surface area contributed by atoms with E-state index in [1.165, 1.54) is 5.56 Å². The molecule has 0 saturated carbocycles. The lowest BCUT2D eigenvalue weighted by Crippen LogP contribution is -2.34. The first kappa shape index (κ1) is 11.9. The van der Waals surface area contributed by atoms with E-state index < -0.39 is 0 Å². The van der Waals surface area contributed by atoms with Crippen molar-refractivity contribution in [3.63, 3.8) is 0 Å². The maximum atomic E-state index is 5.26. The van der Waals surface area contributed by atoms with Gasteiger partial charge in [0.1, 0.15) is 5.75 Å². The second-order valence-corrected chi connectivity index (χ2v) is 4.88. The van der Waals surface area contributed by atoms with Crippen molar-refractivity contribution in [3.8, 4) is 5.75 Å². The molecule has 2 N–H and O–H groups in total. The van der Waals surface area contributed by atoms with Gasteiger partial charge >= 0.3 is 0 Å². The molecule has 0 aromatic heterocycles. The van der Waals surface area contributed by atoms with Crippen LogP contribution in [0.2, 0.25) is 0 Å². The van der Waals surface area contributed by atoms with Crippen LogP contribution in [0.4, 0.5) is 11.4 Å². The van der Waals surface area contributed by atoms with Crippen molar-refractivity contribution in [2.75, 3.05) is 17.7 Å². The molecule has 3 rings (SSSR count). The van der Waals surface area contributed by atoms with Crippen LogP contribution < -0.4 is 15.4 Å². The number of anilines is 2. The minimum absolute atomic E-state index is 0.280. The Bertz CT molecular complexity index is 568. The third-order valence-corrected chi connectivity index (χ3v) is 3.58. The number of hydrogen-bond acceptors (Lipinski definition) is 3. The summed E-state index contributed by atoms with van der Waals surface area (Å²) < 4.78 is 5.26. The molecule has 1 heterocycles. The minimum atomic E-state index is 0.280. The Balaban J connectivity index is 1.92. The van der Waals surface area contributed by atoms with Gasteiger partial charge in [-0.1, -0.05) is 30.3 Å². The highest BCUT2D eigenvalue weighted by molar-refractivity contribution is 5.74. The summed E-state index contributed by atoms with van der Waals surface area (Å²) in [5.74, 6) is 0.874. The molecule has 3 nitrogen and oxygen atoms in total. The molecule has 0 fully saturated rings. The molecule has 1 aliphatic heterocycles. The fraction of sp³-hybridized carbons (Fsp3) is 0.250. The zero-order valence-electron chi connectivity index (χ0n) is 11.2. The molecule has 0 radical (unpaired) electrons. The van der Waals surface area contributed by atoms with Crippen molar-refractivity contribution in [2.45, 2.75) is 19.0 Å². The number of hydrogen-bond donors (Lipinski definition) is 2. The molecule has 2 atom stereocenters. The Morgan fingerprint density at radius 3 is 2.47 bits per heavy atom. The molecule has 0 saturated heterocycles. The van der Waals surface area contributed by atoms with Crippen LogP contribution in [-0.4, -0.2) is 13.2 Å². The van der Waals surface area contributed by atoms with E-state index in [2.05, 4.69) is 47.9 Å². The van der Waals surface area contributed by atoms with Gasteiger partial charge < -0.3 is 15.4 Å². The first-order chi connectivity index (χ1) is 9.28. The second-order valence-electron chi connectivity index (χ2n) is 4.88. The van der Waals surface area contributed by atoms with Crippen molar-refractivity contribution in [1.82, 2.24) is 0 Å². The summed E-state index contributed by atoms with van der Waals surface area (Å²) in [5, 5.41) is 7.14. The van der Waals surface area contributed by atoms with Gasteiger partial charge in [-0.05, 0) is 24.6 Å². The molecule has 0 aliphatic carbocycles. The van der Waals surface area contributed by atoms with Crippen LogP contribution in [0.1, 0.15) is 18.5 Å². The van der Waals surface area contributed by atoms with Crippen LogP contribution in [0.3, 0.4) is 0 Å². The van der Waals surface area contributed by atoms with Gasteiger partial charge in [-0.3, -0.25) is 0 Å². The predicted molar refractivity (Wildman–Crippen MR) is 78.9 cm³/mol. The standard InChI is InChI=1S/C16H18N2O/c1-11-16(12-6-4-3-5-7-12)18-14-9-8-13(19-2)10-15(14)17-11/h3-11,16-18H,1-2H3/t11-,16-/m0/s1. The van der Waals surface area contributed by atoms with Crippen LogP contribution in [0, 0.1) is 0 Å². The van der Waals surface area contributed by atoms with Gasteiger partial charge in [-0.25, -0.2) is 0 Å². The van der Waals surface area contributed by atoms with E-state index in [1.807, 2.05) is 18.2 Å². The SMILES string of the molecule is COc1ccc2c(c1)N[C@@H](C)[C@@H](c1ccccc1)N2. The van der Waals surface area contributed by atoms with Gasteiger partial charge in [0.2, 0.25) is 0 Å². The first-order valence-corrected chi connectivity index (χ1v) is 6.54. The largest absolute Gasteiger partial charge is 0.497 e. The van der Waals surface area contributed by atoms with E-state index in [1.54, 1.807) is 7.11 Å². The summed E-state index contributed by atoms with van der Waals surface area (Å²) in [7, 11) is 1.69. The molecule has 2 aromatic carbocycles. The molecule has 98 valence electrons. The van der Waals surface area contributed by atoms with Crippen molar-refractivity contribution in [1.29, 1.82) is 0 Å². The van der Waals surface area contributed by atoms with Crippen LogP contribution in [0.15, 0.2) is 48.5 Å². The fourth-order valence-electron chi connectivity index (χ4n) is 2.55. The Morgan fingerprint density at radius 2 is 1.74 bits per heavy atom. The van der Waals surface area contributed by atoms with Crippen molar-refractivity contribution in [2.24, 2.45) is 0 Å². The lowest BCUT2D eigenvalue weighted by Gasteiger charge is -2.34. The molecule has 19 heavy (non-hydrogen) atoms. The van der Waals surface area contributed by atoms with Gasteiger partial charge in [0.15, 0.2) is 0 Å². The van der Waals surface area contributed by atoms with Gasteiger partial charge in [-0.2, -0.15) is 0 Å². The van der Waals surface area contributed by atoms with Gasteiger partial charge in [0.25, 0.3) is 0 Å². The van der Waals surface area contributed by atoms with Crippen molar-refractivity contribution in [3.05, 3.63) is 54.1 Å². The van der Waals surface area contributed by atoms with Crippen LogP contribution in [-0.2, 0) is 0 Å². The molecule has 3 heteroatoms. The number of benzene rings is 2. The summed E-state index contributed by atoms with van der Waals surface area (Å²) in [6.45, 7) is 2.19. The molecule has 0 spiro atoms. The lowest BCUT2D eigenvalue weighted by molar-refractivity contribution is 0.415. The van der Waals surface area contributed by atoms with Crippen molar-refractivity contribution >= 4 is 11.4 Å². The molecular weight excluding hydrogens is 236 g/mol. The Morgan fingerprint density at radius 1 is 0.947 bits per heavy atom. The third kappa shape index (κ3) is 2.24. The first-order valence-electron chi connectivity index (χ1n) is 6.54. The molecule has 0 amide bonds. The van der Waals surface area contributed by atoms with Gasteiger partial charge in [0, 0.05) is 12.1 Å². The summed E-state index contributed by atoms with van der Waals surface area (Å²) in [4.78, 5) is 0. The highest BCUT2D eigenvalue weighted by Gasteiger charge is 2.25. The number of rotatable bonds is 2. The second kappa shape index (κ2) is 4.84. The maximum Gasteiger partial charge on any atom is 0.121 e. The van der Waals surface area contributed by atoms with Crippen molar-refractivity contribution < 1.29 is 4.74 Å². The summed E-state index contributed by atoms with van der Waals surface area (Å²) in [6, 6.07) is 17.2. The monoisotopic (exact) mass is 254 g/mol. The minimum Gasteiger partial charge on any atom is -0.497 e. The average Bonchev–Trinajstić information content (AvgIpc) is 2.47. The Labute approximate surface area is 113 Å². The van der Waals surface area contributed by atoms with E-state index in [4.69, 9.17) is 4.74 Å². The smallest absolute Gasteiger partial charge is 0.121 e. The van der Waals surface area contributed by atoms with Crippen LogP contribution in [0.5, 0.6) is 5.75 Å². The van der Waals surface area contributed by atoms with Crippen LogP contribution in [0.25, 0.3) is 0 Å². The highest BCUT2D eigenvalue weighted by Crippen LogP contribution is 2.36. The number of ether oxygens (including phenoxy) is 1. The van der Waals surface area contributed by atoms with E-state index in [0.717, 1.165) is 17.1 Å². The summed E-state index contributed by atoms with van der Waals surface area (Å²) >= 11 is 0. The van der Waals surface area contributed by atoms with E-state index in [9.17, 15) is 0 Å². The zero-order chi connectivity index (χ0) is 13.2. The number of methoxy groups -OCH3 is 1. The number of nitrogens with one attached hydrogen (secondary N) is 2. The molecular formula is C16H18N2O. The van der Waals surface area contributed by atoms with Gasteiger partial charge in [0.05, 0.1) is 24.5 Å². The van der Waals surface area contributed by atoms with Crippen LogP contribution >= 0.6 is 0 Å². The Kier molecular flexibility index (Phi) is 3.03. The Hall–Kier alpha value is -2.16. The molecule has 1 aliphatic rings. The third-order valence-electron chi connectivity index (χ3n) is 3.58. The summed E-state index contributed by atoms with van der Waals surface area (Å²) in [6.07, 6.45) is 0. The van der Waals surface area contributed by atoms with E-state index in [0.29, 0.717) is 6.04 Å². The zero-order valence-corrected chi connectivity index (χ0v) is 11.2. The number of fused-ring (bicyclic) bond motifs is 1. The predicted octanol–water partition coefficient (Wildman–Crippen LogP) is 3.66. The molecule has 2 aromatic rings.